The van der Waals surface area contributed by atoms with E-state index in [9.17, 15) is 39.0 Å². The van der Waals surface area contributed by atoms with Gasteiger partial charge in [0.25, 0.3) is 0 Å². The molecule has 0 aromatic heterocycles. The van der Waals surface area contributed by atoms with Crippen LogP contribution in [0.4, 0.5) is 0 Å². The smallest absolute Gasteiger partial charge is 0.328 e. The highest BCUT2D eigenvalue weighted by molar-refractivity contribution is 5.98. The van der Waals surface area contributed by atoms with Gasteiger partial charge in [-0.05, 0) is 139 Å². The molecule has 0 fully saturated rings. The second-order valence-corrected chi connectivity index (χ2v) is 30.9. The van der Waals surface area contributed by atoms with E-state index >= 15 is 24.0 Å². The zero-order valence-electron chi connectivity index (χ0n) is 66.0. The van der Waals surface area contributed by atoms with Crippen molar-refractivity contribution < 1.29 is 77.2 Å². The highest BCUT2D eigenvalue weighted by Gasteiger charge is 2.42. The number of carboxylic acid groups (broad SMARTS) is 1. The minimum absolute atomic E-state index is 0.170. The second-order valence-electron chi connectivity index (χ2n) is 30.9. The summed E-state index contributed by atoms with van der Waals surface area (Å²) in [7, 11) is 0. The van der Waals surface area contributed by atoms with Crippen LogP contribution in [0.25, 0.3) is 0 Å². The number of ether oxygens (including phenoxy) is 3. The monoisotopic (exact) mass is 1550 g/mol. The topological polar surface area (TPSA) is 390 Å². The van der Waals surface area contributed by atoms with E-state index < -0.39 is 193 Å². The number of carbonyl (C=O) groups is 11. The van der Waals surface area contributed by atoms with Crippen LogP contribution in [0.2, 0.25) is 0 Å². The Morgan fingerprint density at radius 3 is 1.10 bits per heavy atom. The summed E-state index contributed by atoms with van der Waals surface area (Å²) < 4.78 is 17.3. The van der Waals surface area contributed by atoms with E-state index in [1.165, 1.54) is 0 Å². The van der Waals surface area contributed by atoms with Crippen molar-refractivity contribution in [3.05, 3.63) is 245 Å². The number of nitrogens with one attached hydrogen (secondary N) is 9. The molecule has 7 aromatic carbocycles. The standard InChI is InChI=1S/C87H108N10O16/c1-56(2)75(95-76(103)65(88)55-111-83(3,4)5)81(108)89-53-73(101)90-66(48-51-74(102)113-85(9,10)11)77(104)91-67(46-49-71(99)96-86(58-30-18-12-19-31-58,59-32-20-13-21-33-59)60-34-22-14-23-35-60)78(105)92-68(79(106)93-69(80(107)94-70(54-98)82(109)110)52-57-42-44-64(45-43-57)112-84(6,7)8)47-50-72(100)97-87(61-36-24-15-25-37-61,62-38-26-16-27-39-62)63-40-28-17-29-41-63/h12-45,56,65-70,75,98H,46-55,88H2,1-11H3,(H,89,108)(H,90,101)(H,91,104)(H,92,105)(H,93,106)(H,94,107)(H,95,103)(H,96,99)(H,97,100)(H,109,110)/t65-,66-,67-,68-,69-,70-,75-/m0/s1. The number of hydrogen-bond acceptors (Lipinski definition) is 16. The Labute approximate surface area is 660 Å². The fourth-order valence-corrected chi connectivity index (χ4v) is 12.6. The van der Waals surface area contributed by atoms with Gasteiger partial charge in [-0.2, -0.15) is 0 Å². The summed E-state index contributed by atoms with van der Waals surface area (Å²) in [5, 5.41) is 44.7. The summed E-state index contributed by atoms with van der Waals surface area (Å²) >= 11 is 0. The van der Waals surface area contributed by atoms with Gasteiger partial charge in [-0.15, -0.1) is 0 Å². The Morgan fingerprint density at radius 2 is 0.752 bits per heavy atom. The maximum absolute atomic E-state index is 15.9. The van der Waals surface area contributed by atoms with E-state index in [2.05, 4.69) is 47.9 Å². The minimum Gasteiger partial charge on any atom is -0.488 e. The molecule has 7 atom stereocenters. The average molecular weight is 1550 g/mol. The third-order valence-corrected chi connectivity index (χ3v) is 18.1. The molecule has 0 saturated heterocycles. The summed E-state index contributed by atoms with van der Waals surface area (Å²) in [6.45, 7) is 17.1. The van der Waals surface area contributed by atoms with Crippen LogP contribution in [0.3, 0.4) is 0 Å². The van der Waals surface area contributed by atoms with Crippen LogP contribution in [0, 0.1) is 5.92 Å². The third-order valence-electron chi connectivity index (χ3n) is 18.1. The molecule has 7 aromatic rings. The van der Waals surface area contributed by atoms with Crippen molar-refractivity contribution in [1.29, 1.82) is 0 Å². The van der Waals surface area contributed by atoms with E-state index in [4.69, 9.17) is 19.9 Å². The lowest BCUT2D eigenvalue weighted by Crippen LogP contribution is -2.60. The van der Waals surface area contributed by atoms with Gasteiger partial charge in [-0.3, -0.25) is 47.9 Å². The largest absolute Gasteiger partial charge is 0.488 e. The van der Waals surface area contributed by atoms with E-state index in [0.29, 0.717) is 44.7 Å². The second kappa shape index (κ2) is 41.1. The normalized spacial score (nSPS) is 13.6. The SMILES string of the molecule is CC(C)[C@H](NC(=O)[C@@H](N)COC(C)(C)C)C(=O)NCC(=O)N[C@@H](CCC(=O)OC(C)(C)C)C(=O)N[C@@H](CCC(=O)NC(c1ccccc1)(c1ccccc1)c1ccccc1)C(=O)N[C@@H](CCC(=O)NC(c1ccccc1)(c1ccccc1)c1ccccc1)C(=O)N[C@@H](Cc1ccc(OC(C)(C)C)cc1)C(=O)N[C@@H](CO)C(=O)O. The summed E-state index contributed by atoms with van der Waals surface area (Å²) in [6, 6.07) is 50.1. The Bertz CT molecular complexity index is 4120. The van der Waals surface area contributed by atoms with Crippen molar-refractivity contribution in [2.24, 2.45) is 11.7 Å². The van der Waals surface area contributed by atoms with Crippen molar-refractivity contribution in [1.82, 2.24) is 47.9 Å². The van der Waals surface area contributed by atoms with Crippen LogP contribution < -0.4 is 58.3 Å². The fourth-order valence-electron chi connectivity index (χ4n) is 12.6. The first-order chi connectivity index (χ1) is 53.5. The van der Waals surface area contributed by atoms with Crippen molar-refractivity contribution in [2.75, 3.05) is 19.8 Å². The number of amides is 9. The molecular weight excluding hydrogens is 1440 g/mol. The molecule has 0 aliphatic heterocycles. The van der Waals surface area contributed by atoms with Crippen LogP contribution in [0.5, 0.6) is 5.75 Å². The first-order valence-corrected chi connectivity index (χ1v) is 37.8. The maximum Gasteiger partial charge on any atom is 0.328 e. The van der Waals surface area contributed by atoms with E-state index in [0.717, 1.165) is 0 Å². The van der Waals surface area contributed by atoms with Gasteiger partial charge in [0.2, 0.25) is 53.2 Å². The lowest BCUT2D eigenvalue weighted by atomic mass is 9.77. The van der Waals surface area contributed by atoms with Crippen LogP contribution in [-0.2, 0) is 79.7 Å². The average Bonchev–Trinajstić information content (AvgIpc) is 0.759. The van der Waals surface area contributed by atoms with Gasteiger partial charge < -0.3 is 78.0 Å². The quantitative estimate of drug-likeness (QED) is 0.0134. The molecule has 26 nitrogen and oxygen atoms in total. The van der Waals surface area contributed by atoms with E-state index in [-0.39, 0.29) is 13.0 Å². The number of rotatable bonds is 39. The first kappa shape index (κ1) is 88.6. The van der Waals surface area contributed by atoms with Crippen LogP contribution in [0.1, 0.15) is 154 Å². The minimum atomic E-state index is -1.86. The molecule has 7 rings (SSSR count). The molecule has 0 saturated carbocycles. The zero-order valence-corrected chi connectivity index (χ0v) is 66.0. The molecule has 0 spiro atoms. The number of esters is 1. The van der Waals surface area contributed by atoms with Gasteiger partial charge in [0.15, 0.2) is 0 Å². The molecule has 0 aliphatic carbocycles. The van der Waals surface area contributed by atoms with Crippen molar-refractivity contribution in [3.8, 4) is 5.75 Å². The summed E-state index contributed by atoms with van der Waals surface area (Å²) in [4.78, 5) is 159. The predicted octanol–water partition coefficient (Wildman–Crippen LogP) is 7.21. The van der Waals surface area contributed by atoms with Gasteiger partial charge >= 0.3 is 11.9 Å². The highest BCUT2D eigenvalue weighted by atomic mass is 16.6. The van der Waals surface area contributed by atoms with Gasteiger partial charge in [-0.1, -0.05) is 208 Å². The Hall–Kier alpha value is -11.6. The number of carbonyl (C=O) groups excluding carboxylic acids is 10. The number of aliphatic hydroxyl groups excluding tert-OH is 1. The number of nitrogens with two attached hydrogens (primary N) is 1. The zero-order chi connectivity index (χ0) is 82.7. The Balaban J connectivity index is 1.32. The summed E-state index contributed by atoms with van der Waals surface area (Å²) in [5.41, 5.74) is 5.42. The Kier molecular flexibility index (Phi) is 32.2. The summed E-state index contributed by atoms with van der Waals surface area (Å²) in [5.74, 6) is -10.7. The van der Waals surface area contributed by atoms with E-state index in [1.807, 2.05) is 203 Å². The Morgan fingerprint density at radius 1 is 0.398 bits per heavy atom. The van der Waals surface area contributed by atoms with Crippen LogP contribution in [-0.4, -0.2) is 154 Å². The first-order valence-electron chi connectivity index (χ1n) is 37.8. The maximum atomic E-state index is 15.9. The van der Waals surface area contributed by atoms with Gasteiger partial charge in [0, 0.05) is 25.7 Å². The van der Waals surface area contributed by atoms with Crippen molar-refractivity contribution in [3.63, 3.8) is 0 Å². The molecule has 0 radical (unpaired) electrons. The van der Waals surface area contributed by atoms with Gasteiger partial charge in [0.05, 0.1) is 25.4 Å². The van der Waals surface area contributed by atoms with Crippen molar-refractivity contribution in [2.45, 2.75) is 191 Å². The van der Waals surface area contributed by atoms with Gasteiger partial charge in [0.1, 0.15) is 70.3 Å². The molecule has 0 unspecified atom stereocenters. The molecule has 13 N–H and O–H groups in total. The number of aliphatic carboxylic acids is 1. The molecule has 0 bridgehead atoms. The predicted molar refractivity (Wildman–Crippen MR) is 427 cm³/mol. The number of carboxylic acids is 1. The number of benzene rings is 7. The highest BCUT2D eigenvalue weighted by Crippen LogP contribution is 2.39. The molecule has 9 amide bonds. The summed E-state index contributed by atoms with van der Waals surface area (Å²) in [6.07, 6.45) is -3.49. The van der Waals surface area contributed by atoms with Gasteiger partial charge in [-0.25, -0.2) is 4.79 Å². The molecule has 0 heterocycles. The van der Waals surface area contributed by atoms with Crippen LogP contribution in [0.15, 0.2) is 206 Å². The van der Waals surface area contributed by atoms with Crippen molar-refractivity contribution >= 4 is 65.1 Å². The lowest BCUT2D eigenvalue weighted by molar-refractivity contribution is -0.155. The van der Waals surface area contributed by atoms with E-state index in [1.54, 1.807) is 79.7 Å². The fraction of sp³-hybridized carbons (Fsp3) is 0.391. The third kappa shape index (κ3) is 26.8. The molecular formula is C87H108N10O16. The lowest BCUT2D eigenvalue weighted by Gasteiger charge is -2.37. The molecule has 602 valence electrons. The van der Waals surface area contributed by atoms with Crippen LogP contribution >= 0.6 is 0 Å². The number of hydrogen-bond donors (Lipinski definition) is 12. The molecule has 113 heavy (non-hydrogen) atoms. The molecule has 26 heteroatoms. The number of aliphatic hydroxyl groups is 1. The molecule has 0 aliphatic rings.